The van der Waals surface area contributed by atoms with Gasteiger partial charge in [-0.1, -0.05) is 19.8 Å². The van der Waals surface area contributed by atoms with Crippen LogP contribution in [-0.2, 0) is 5.54 Å². The number of terminal acetylenes is 1. The summed E-state index contributed by atoms with van der Waals surface area (Å²) in [4.78, 5) is 13.4. The van der Waals surface area contributed by atoms with Gasteiger partial charge in [-0.3, -0.25) is 9.80 Å². The van der Waals surface area contributed by atoms with Crippen LogP contribution in [0, 0.1) is 18.3 Å². The number of hydrogen-bond donors (Lipinski definition) is 2. The van der Waals surface area contributed by atoms with Crippen LogP contribution in [0.2, 0.25) is 0 Å². The van der Waals surface area contributed by atoms with E-state index < -0.39 is 18.2 Å². The first-order chi connectivity index (χ1) is 17.0. The molecule has 3 aliphatic carbocycles. The van der Waals surface area contributed by atoms with Crippen LogP contribution < -0.4 is 10.5 Å². The average Bonchev–Trinajstić information content (AvgIpc) is 3.18. The van der Waals surface area contributed by atoms with Gasteiger partial charge in [0.25, 0.3) is 0 Å². The number of imidazole rings is 1. The van der Waals surface area contributed by atoms with Crippen molar-refractivity contribution in [2.75, 3.05) is 38.5 Å². The molecule has 0 radical (unpaired) electrons. The Hall–Kier alpha value is -2.81. The Morgan fingerprint density at radius 3 is 2.44 bits per heavy atom. The number of pyridine rings is 1. The SMILES string of the molecule is C#CCN1CCN(C23CC(n4cc(-c5cnc(N)c(OC(F)(F)F)c5)nc4[C@H](O)C(C)C)(C2)C3)CC1. The molecule has 0 aromatic carbocycles. The first-order valence-corrected chi connectivity index (χ1v) is 12.2. The van der Waals surface area contributed by atoms with E-state index in [4.69, 9.17) is 12.2 Å². The number of aliphatic hydroxyl groups is 1. The van der Waals surface area contributed by atoms with E-state index in [1.54, 1.807) is 0 Å². The summed E-state index contributed by atoms with van der Waals surface area (Å²) in [5.41, 5.74) is 6.36. The van der Waals surface area contributed by atoms with Gasteiger partial charge < -0.3 is 20.1 Å². The lowest BCUT2D eigenvalue weighted by Gasteiger charge is -2.75. The normalized spacial score (nSPS) is 27.3. The van der Waals surface area contributed by atoms with Crippen molar-refractivity contribution in [3.05, 3.63) is 24.3 Å². The smallest absolute Gasteiger partial charge is 0.402 e. The minimum Gasteiger partial charge on any atom is -0.402 e. The molecule has 11 heteroatoms. The highest BCUT2D eigenvalue weighted by atomic mass is 19.4. The zero-order chi connectivity index (χ0) is 25.9. The molecule has 8 nitrogen and oxygen atoms in total. The molecule has 1 saturated heterocycles. The van der Waals surface area contributed by atoms with Gasteiger partial charge in [0.15, 0.2) is 11.6 Å². The Morgan fingerprint density at radius 2 is 1.86 bits per heavy atom. The number of rotatable bonds is 7. The monoisotopic (exact) mass is 504 g/mol. The van der Waals surface area contributed by atoms with E-state index in [1.807, 2.05) is 24.6 Å². The number of halogens is 3. The number of piperazine rings is 1. The maximum Gasteiger partial charge on any atom is 0.573 e. The van der Waals surface area contributed by atoms with Crippen LogP contribution in [-0.4, -0.2) is 74.1 Å². The lowest BCUT2D eigenvalue weighted by molar-refractivity contribution is -0.274. The number of nitrogen functional groups attached to an aromatic ring is 1. The first kappa shape index (κ1) is 24.9. The molecule has 36 heavy (non-hydrogen) atoms. The summed E-state index contributed by atoms with van der Waals surface area (Å²) in [6.07, 6.45) is 5.78. The summed E-state index contributed by atoms with van der Waals surface area (Å²) in [5.74, 6) is 2.21. The van der Waals surface area contributed by atoms with Crippen LogP contribution in [0.15, 0.2) is 18.5 Å². The number of nitrogens with zero attached hydrogens (tertiary/aromatic N) is 5. The Labute approximate surface area is 208 Å². The van der Waals surface area contributed by atoms with Crippen LogP contribution in [0.1, 0.15) is 45.0 Å². The van der Waals surface area contributed by atoms with Gasteiger partial charge in [0, 0.05) is 49.7 Å². The molecule has 194 valence electrons. The quantitative estimate of drug-likeness (QED) is 0.560. The molecule has 3 N–H and O–H groups in total. The minimum atomic E-state index is -4.89. The summed E-state index contributed by atoms with van der Waals surface area (Å²) in [7, 11) is 0. The van der Waals surface area contributed by atoms with Gasteiger partial charge in [-0.15, -0.1) is 19.6 Å². The summed E-state index contributed by atoms with van der Waals surface area (Å²) in [5, 5.41) is 11.0. The van der Waals surface area contributed by atoms with Crippen molar-refractivity contribution in [1.82, 2.24) is 24.3 Å². The maximum atomic E-state index is 12.8. The maximum absolute atomic E-state index is 12.8. The molecule has 4 aliphatic rings. The molecular formula is C25H31F3N6O2. The van der Waals surface area contributed by atoms with Gasteiger partial charge in [-0.25, -0.2) is 9.97 Å². The van der Waals surface area contributed by atoms with Gasteiger partial charge in [0.2, 0.25) is 0 Å². The summed E-state index contributed by atoms with van der Waals surface area (Å²) < 4.78 is 44.5. The fraction of sp³-hybridized carbons (Fsp3) is 0.600. The Morgan fingerprint density at radius 1 is 1.19 bits per heavy atom. The number of aliphatic hydroxyl groups excluding tert-OH is 1. The van der Waals surface area contributed by atoms with Crippen molar-refractivity contribution in [1.29, 1.82) is 0 Å². The van der Waals surface area contributed by atoms with Gasteiger partial charge in [-0.05, 0) is 31.2 Å². The molecule has 6 rings (SSSR count). The largest absolute Gasteiger partial charge is 0.573 e. The average molecular weight is 505 g/mol. The molecule has 0 spiro atoms. The van der Waals surface area contributed by atoms with Crippen molar-refractivity contribution in [3.8, 4) is 29.4 Å². The summed E-state index contributed by atoms with van der Waals surface area (Å²) in [6, 6.07) is 1.19. The predicted molar refractivity (Wildman–Crippen MR) is 128 cm³/mol. The van der Waals surface area contributed by atoms with E-state index in [1.165, 1.54) is 12.3 Å². The fourth-order valence-electron chi connectivity index (χ4n) is 6.00. The number of hydrogen-bond acceptors (Lipinski definition) is 7. The van der Waals surface area contributed by atoms with E-state index in [0.717, 1.165) is 45.4 Å². The van der Waals surface area contributed by atoms with Crippen LogP contribution in [0.25, 0.3) is 11.3 Å². The van der Waals surface area contributed by atoms with Crippen molar-refractivity contribution in [2.24, 2.45) is 5.92 Å². The third-order valence-electron chi connectivity index (χ3n) is 7.88. The molecule has 2 bridgehead atoms. The molecule has 0 amide bonds. The zero-order valence-electron chi connectivity index (χ0n) is 20.4. The first-order valence-electron chi connectivity index (χ1n) is 12.2. The summed E-state index contributed by atoms with van der Waals surface area (Å²) >= 11 is 0. The molecule has 2 aromatic heterocycles. The number of ether oxygens (including phenoxy) is 1. The number of aromatic nitrogens is 3. The van der Waals surface area contributed by atoms with Crippen LogP contribution in [0.4, 0.5) is 19.0 Å². The summed E-state index contributed by atoms with van der Waals surface area (Å²) in [6.45, 7) is 8.36. The fourth-order valence-corrected chi connectivity index (χ4v) is 6.00. The highest BCUT2D eigenvalue weighted by Gasteiger charge is 2.71. The lowest BCUT2D eigenvalue weighted by Crippen LogP contribution is -2.80. The van der Waals surface area contributed by atoms with E-state index in [9.17, 15) is 18.3 Å². The molecule has 1 aliphatic heterocycles. The zero-order valence-corrected chi connectivity index (χ0v) is 20.4. The third-order valence-corrected chi connectivity index (χ3v) is 7.88. The van der Waals surface area contributed by atoms with E-state index in [-0.39, 0.29) is 22.8 Å². The molecular weight excluding hydrogens is 473 g/mol. The highest BCUT2D eigenvalue weighted by molar-refractivity contribution is 5.64. The van der Waals surface area contributed by atoms with Crippen LogP contribution in [0.3, 0.4) is 0 Å². The number of anilines is 1. The highest BCUT2D eigenvalue weighted by Crippen LogP contribution is 2.68. The third kappa shape index (κ3) is 4.21. The van der Waals surface area contributed by atoms with Crippen LogP contribution >= 0.6 is 0 Å². The van der Waals surface area contributed by atoms with Crippen molar-refractivity contribution < 1.29 is 23.0 Å². The van der Waals surface area contributed by atoms with Gasteiger partial charge in [0.05, 0.1) is 17.8 Å². The van der Waals surface area contributed by atoms with Crippen molar-refractivity contribution in [2.45, 2.75) is 56.7 Å². The van der Waals surface area contributed by atoms with Gasteiger partial charge in [0.1, 0.15) is 11.9 Å². The second kappa shape index (κ2) is 8.64. The van der Waals surface area contributed by atoms with Crippen LogP contribution in [0.5, 0.6) is 5.75 Å². The molecule has 3 saturated carbocycles. The Bertz CT molecular complexity index is 1160. The molecule has 2 aromatic rings. The molecule has 4 fully saturated rings. The molecule has 0 unspecified atom stereocenters. The predicted octanol–water partition coefficient (Wildman–Crippen LogP) is 3.00. The number of nitrogens with two attached hydrogens (primary N) is 1. The second-order valence-electron chi connectivity index (χ2n) is 10.6. The van der Waals surface area contributed by atoms with Crippen molar-refractivity contribution >= 4 is 5.82 Å². The molecule has 3 heterocycles. The Kier molecular flexibility index (Phi) is 5.97. The number of alkyl halides is 3. The van der Waals surface area contributed by atoms with E-state index in [2.05, 4.69) is 30.4 Å². The lowest BCUT2D eigenvalue weighted by atomic mass is 9.43. The van der Waals surface area contributed by atoms with E-state index >= 15 is 0 Å². The second-order valence-corrected chi connectivity index (χ2v) is 10.6. The van der Waals surface area contributed by atoms with Crippen molar-refractivity contribution in [3.63, 3.8) is 0 Å². The minimum absolute atomic E-state index is 0.0850. The van der Waals surface area contributed by atoms with Gasteiger partial charge >= 0.3 is 6.36 Å². The Balaban J connectivity index is 1.39. The standard InChI is InChI=1S/C25H31F3N6O2/c1-4-5-32-6-8-33(9-7-32)23-13-24(14-23,15-23)34-12-18(31-22(34)20(35)16(2)3)17-10-19(21(29)30-11-17)36-25(26,27)28/h1,10-12,16,20,35H,5-9,13-15H2,2-3H3,(H2,29,30)/t20-,23?,24?/m1/s1. The van der Waals surface area contributed by atoms with E-state index in [0.29, 0.717) is 23.6 Å². The topological polar surface area (TPSA) is 92.7 Å². The molecule has 1 atom stereocenters. The van der Waals surface area contributed by atoms with Gasteiger partial charge in [-0.2, -0.15) is 0 Å².